The summed E-state index contributed by atoms with van der Waals surface area (Å²) in [6.07, 6.45) is 0.709. The lowest BCUT2D eigenvalue weighted by atomic mass is 10.1. The van der Waals surface area contributed by atoms with Crippen LogP contribution in [0.25, 0.3) is 10.9 Å². The first-order chi connectivity index (χ1) is 13.8. The molecule has 0 unspecified atom stereocenters. The lowest BCUT2D eigenvalue weighted by Crippen LogP contribution is -2.43. The molecule has 0 fully saturated rings. The number of carbonyl (C=O) groups is 1. The highest BCUT2D eigenvalue weighted by Crippen LogP contribution is 2.21. The summed E-state index contributed by atoms with van der Waals surface area (Å²) >= 11 is 6.35. The van der Waals surface area contributed by atoms with Crippen LogP contribution in [0.4, 0.5) is 0 Å². The number of phenols is 1. The summed E-state index contributed by atoms with van der Waals surface area (Å²) in [5.74, 6) is -1.08. The van der Waals surface area contributed by atoms with Crippen molar-refractivity contribution < 1.29 is 18.3 Å². The van der Waals surface area contributed by atoms with E-state index in [-0.39, 0.29) is 21.4 Å². The summed E-state index contributed by atoms with van der Waals surface area (Å²) in [5, 5.41) is 9.50. The highest BCUT2D eigenvalue weighted by Gasteiger charge is 2.23. The van der Waals surface area contributed by atoms with Gasteiger partial charge in [-0.3, -0.25) is 15.0 Å². The van der Waals surface area contributed by atoms with Gasteiger partial charge in [-0.05, 0) is 42.8 Å². The van der Waals surface area contributed by atoms with Crippen molar-refractivity contribution in [1.82, 2.24) is 14.8 Å². The highest BCUT2D eigenvalue weighted by atomic mass is 35.5. The van der Waals surface area contributed by atoms with Gasteiger partial charge in [0.1, 0.15) is 16.5 Å². The number of aromatic hydroxyl groups is 1. The Morgan fingerprint density at radius 1 is 1.14 bits per heavy atom. The minimum Gasteiger partial charge on any atom is -0.508 e. The molecule has 3 rings (SSSR count). The van der Waals surface area contributed by atoms with Crippen LogP contribution in [0.15, 0.2) is 58.2 Å². The molecule has 0 saturated heterocycles. The molecule has 0 aliphatic carbocycles. The molecule has 0 aliphatic rings. The molecule has 0 atom stereocenters. The first-order valence-electron chi connectivity index (χ1n) is 8.68. The predicted molar refractivity (Wildman–Crippen MR) is 109 cm³/mol. The molecule has 0 spiro atoms. The van der Waals surface area contributed by atoms with Crippen LogP contribution in [0.3, 0.4) is 0 Å². The van der Waals surface area contributed by atoms with E-state index in [0.29, 0.717) is 23.9 Å². The molecule has 0 radical (unpaired) electrons. The maximum atomic E-state index is 12.8. The lowest BCUT2D eigenvalue weighted by molar-refractivity contribution is 0.0943. The molecular formula is C19H18ClN3O5S. The number of aryl methyl sites for hydroxylation is 1. The van der Waals surface area contributed by atoms with Gasteiger partial charge in [-0.15, -0.1) is 4.83 Å². The number of carbonyl (C=O) groups excluding carboxylic acids is 1. The van der Waals surface area contributed by atoms with Gasteiger partial charge >= 0.3 is 0 Å². The van der Waals surface area contributed by atoms with Crippen molar-refractivity contribution in [3.63, 3.8) is 0 Å². The Morgan fingerprint density at radius 2 is 1.79 bits per heavy atom. The number of fused-ring (bicyclic) bond motifs is 1. The number of nitrogens with zero attached hydrogens (tertiary/aromatic N) is 1. The molecule has 10 heteroatoms. The predicted octanol–water partition coefficient (Wildman–Crippen LogP) is 2.39. The van der Waals surface area contributed by atoms with Gasteiger partial charge in [0.2, 0.25) is 5.43 Å². The van der Waals surface area contributed by atoms with Crippen molar-refractivity contribution in [3.8, 4) is 5.75 Å². The number of sulfonamides is 1. The number of hydrazine groups is 1. The Bertz CT molecular complexity index is 1240. The van der Waals surface area contributed by atoms with Crippen LogP contribution < -0.4 is 15.7 Å². The van der Waals surface area contributed by atoms with Crippen molar-refractivity contribution in [1.29, 1.82) is 0 Å². The van der Waals surface area contributed by atoms with Gasteiger partial charge in [-0.25, -0.2) is 8.42 Å². The second kappa shape index (κ2) is 8.24. The maximum Gasteiger partial charge on any atom is 0.273 e. The number of rotatable bonds is 6. The van der Waals surface area contributed by atoms with E-state index in [2.05, 4.69) is 0 Å². The van der Waals surface area contributed by atoms with E-state index in [9.17, 15) is 23.1 Å². The minimum absolute atomic E-state index is 0.0723. The number of hydrogen-bond acceptors (Lipinski definition) is 5. The van der Waals surface area contributed by atoms with Crippen molar-refractivity contribution in [2.75, 3.05) is 0 Å². The lowest BCUT2D eigenvalue weighted by Gasteiger charge is -2.16. The van der Waals surface area contributed by atoms with Crippen molar-refractivity contribution in [2.45, 2.75) is 24.8 Å². The average Bonchev–Trinajstić information content (AvgIpc) is 2.70. The normalized spacial score (nSPS) is 11.5. The van der Waals surface area contributed by atoms with Crippen molar-refractivity contribution >= 4 is 38.4 Å². The summed E-state index contributed by atoms with van der Waals surface area (Å²) in [6, 6.07) is 11.5. The molecule has 0 saturated carbocycles. The molecule has 3 aromatic rings. The molecule has 0 aliphatic heterocycles. The fraction of sp³-hybridized carbons (Fsp3) is 0.158. The van der Waals surface area contributed by atoms with Gasteiger partial charge in [-0.2, -0.15) is 0 Å². The zero-order valence-electron chi connectivity index (χ0n) is 15.3. The van der Waals surface area contributed by atoms with Gasteiger partial charge < -0.3 is 9.67 Å². The van der Waals surface area contributed by atoms with Crippen LogP contribution in [-0.2, 0) is 16.6 Å². The summed E-state index contributed by atoms with van der Waals surface area (Å²) < 4.78 is 26.3. The number of nitrogens with one attached hydrogen (secondary N) is 2. The Kier molecular flexibility index (Phi) is 5.92. The number of aromatic nitrogens is 1. The summed E-state index contributed by atoms with van der Waals surface area (Å²) in [5.41, 5.74) is 1.67. The van der Waals surface area contributed by atoms with Crippen LogP contribution in [-0.4, -0.2) is 24.0 Å². The van der Waals surface area contributed by atoms with Gasteiger partial charge in [0.05, 0.1) is 10.4 Å². The van der Waals surface area contributed by atoms with Crippen LogP contribution >= 0.6 is 11.6 Å². The molecule has 1 amide bonds. The van der Waals surface area contributed by atoms with Crippen molar-refractivity contribution in [3.05, 3.63) is 69.5 Å². The van der Waals surface area contributed by atoms with Crippen molar-refractivity contribution in [2.24, 2.45) is 0 Å². The standard InChI is InChI=1S/C19H18ClN3O5S/c1-2-11-23-15-6-4-3-5-14(15)17(25)16(18(23)20)19(26)21-22-29(27,28)13-9-7-12(24)8-10-13/h3-10,22,24H,2,11H2,1H3,(H,21,26). The monoisotopic (exact) mass is 435 g/mol. The van der Waals surface area contributed by atoms with E-state index in [0.717, 1.165) is 0 Å². The van der Waals surface area contributed by atoms with E-state index >= 15 is 0 Å². The smallest absolute Gasteiger partial charge is 0.273 e. The van der Waals surface area contributed by atoms with Crippen LogP contribution in [0, 0.1) is 0 Å². The molecule has 0 bridgehead atoms. The van der Waals surface area contributed by atoms with Gasteiger partial charge in [-0.1, -0.05) is 30.7 Å². The average molecular weight is 436 g/mol. The second-order valence-corrected chi connectivity index (χ2v) is 8.26. The molecule has 1 heterocycles. The molecule has 3 N–H and O–H groups in total. The summed E-state index contributed by atoms with van der Waals surface area (Å²) in [6.45, 7) is 2.40. The van der Waals surface area contributed by atoms with Gasteiger partial charge in [0.25, 0.3) is 15.9 Å². The van der Waals surface area contributed by atoms with E-state index in [4.69, 9.17) is 11.6 Å². The fourth-order valence-electron chi connectivity index (χ4n) is 2.87. The number of pyridine rings is 1. The Labute approximate surface area is 171 Å². The number of hydrogen-bond donors (Lipinski definition) is 3. The largest absolute Gasteiger partial charge is 0.508 e. The second-order valence-electron chi connectivity index (χ2n) is 6.22. The zero-order valence-corrected chi connectivity index (χ0v) is 16.9. The van der Waals surface area contributed by atoms with Crippen LogP contribution in [0.1, 0.15) is 23.7 Å². The summed E-state index contributed by atoms with van der Waals surface area (Å²) in [7, 11) is -4.11. The summed E-state index contributed by atoms with van der Waals surface area (Å²) in [4.78, 5) is 27.2. The Hall–Kier alpha value is -2.88. The molecule has 8 nitrogen and oxygen atoms in total. The molecule has 152 valence electrons. The molecule has 2 aromatic carbocycles. The van der Waals surface area contributed by atoms with E-state index in [1.165, 1.54) is 24.3 Å². The third kappa shape index (κ3) is 4.12. The Balaban J connectivity index is 1.97. The fourth-order valence-corrected chi connectivity index (χ4v) is 4.06. The SMILES string of the molecule is CCCn1c(Cl)c(C(=O)NNS(=O)(=O)c2ccc(O)cc2)c(=O)c2ccccc21. The highest BCUT2D eigenvalue weighted by molar-refractivity contribution is 7.89. The minimum atomic E-state index is -4.11. The third-order valence-corrected chi connectivity index (χ3v) is 5.89. The van der Waals surface area contributed by atoms with E-state index < -0.39 is 21.4 Å². The van der Waals surface area contributed by atoms with Crippen LogP contribution in [0.2, 0.25) is 5.15 Å². The van der Waals surface area contributed by atoms with Crippen LogP contribution in [0.5, 0.6) is 5.75 Å². The molecular weight excluding hydrogens is 418 g/mol. The van der Waals surface area contributed by atoms with Gasteiger partial charge in [0.15, 0.2) is 0 Å². The topological polar surface area (TPSA) is 118 Å². The quantitative estimate of drug-likeness (QED) is 0.406. The van der Waals surface area contributed by atoms with Gasteiger partial charge in [0, 0.05) is 11.9 Å². The first kappa shape index (κ1) is 20.8. The number of amides is 1. The number of halogens is 1. The third-order valence-electron chi connectivity index (χ3n) is 4.23. The zero-order chi connectivity index (χ0) is 21.2. The molecule has 1 aromatic heterocycles. The number of para-hydroxylation sites is 1. The van der Waals surface area contributed by atoms with E-state index in [1.54, 1.807) is 28.8 Å². The first-order valence-corrected chi connectivity index (χ1v) is 10.5. The Morgan fingerprint density at radius 3 is 2.45 bits per heavy atom. The maximum absolute atomic E-state index is 12.8. The van der Waals surface area contributed by atoms with E-state index in [1.807, 2.05) is 17.2 Å². The number of phenolic OH excluding ortho intramolecular Hbond substituents is 1. The molecule has 29 heavy (non-hydrogen) atoms. The number of benzene rings is 2.